The number of hydrogen-bond acceptors (Lipinski definition) is 4. The van der Waals surface area contributed by atoms with Crippen LogP contribution in [0.15, 0.2) is 60.2 Å². The Balaban J connectivity index is 2.01. The van der Waals surface area contributed by atoms with Crippen molar-refractivity contribution < 1.29 is 19.4 Å². The molecular formula is C27H29NO4. The fourth-order valence-electron chi connectivity index (χ4n) is 3.84. The van der Waals surface area contributed by atoms with Crippen LogP contribution in [0.2, 0.25) is 0 Å². The first-order valence-electron chi connectivity index (χ1n) is 10.4. The summed E-state index contributed by atoms with van der Waals surface area (Å²) in [4.78, 5) is 11.4. The molecule has 5 heteroatoms. The van der Waals surface area contributed by atoms with Crippen LogP contribution in [-0.4, -0.2) is 25.3 Å². The molecule has 0 aliphatic heterocycles. The normalized spacial score (nSPS) is 11.2. The fourth-order valence-corrected chi connectivity index (χ4v) is 3.84. The van der Waals surface area contributed by atoms with Gasteiger partial charge in [-0.2, -0.15) is 0 Å². The van der Waals surface area contributed by atoms with Crippen LogP contribution >= 0.6 is 0 Å². The van der Waals surface area contributed by atoms with Gasteiger partial charge in [0.15, 0.2) is 0 Å². The van der Waals surface area contributed by atoms with Crippen molar-refractivity contribution in [3.8, 4) is 22.6 Å². The van der Waals surface area contributed by atoms with Gasteiger partial charge in [0, 0.05) is 40.1 Å². The summed E-state index contributed by atoms with van der Waals surface area (Å²) in [6, 6.07) is 18.4. The van der Waals surface area contributed by atoms with Crippen LogP contribution in [-0.2, 0) is 11.3 Å². The average Bonchev–Trinajstić information content (AvgIpc) is 2.80. The van der Waals surface area contributed by atoms with Gasteiger partial charge >= 0.3 is 5.97 Å². The van der Waals surface area contributed by atoms with Gasteiger partial charge in [-0.3, -0.25) is 0 Å². The van der Waals surface area contributed by atoms with Gasteiger partial charge in [-0.1, -0.05) is 42.5 Å². The average molecular weight is 432 g/mol. The Kier molecular flexibility index (Phi) is 7.21. The molecule has 2 N–H and O–H groups in total. The SMILES string of the molecule is COc1c(C)c(-c2ccc(NCc3ccccc3)cc2)c(OC)c(C)c1/C=C(\C)C(=O)O. The van der Waals surface area contributed by atoms with E-state index in [0.717, 1.165) is 34.5 Å². The highest BCUT2D eigenvalue weighted by Gasteiger charge is 2.21. The van der Waals surface area contributed by atoms with Crippen molar-refractivity contribution in [3.05, 3.63) is 82.4 Å². The van der Waals surface area contributed by atoms with Crippen LogP contribution in [0.1, 0.15) is 29.2 Å². The van der Waals surface area contributed by atoms with Crippen molar-refractivity contribution in [1.29, 1.82) is 0 Å². The molecule has 0 saturated carbocycles. The van der Waals surface area contributed by atoms with Crippen LogP contribution in [0, 0.1) is 13.8 Å². The Hall–Kier alpha value is -3.73. The summed E-state index contributed by atoms with van der Waals surface area (Å²) >= 11 is 0. The highest BCUT2D eigenvalue weighted by atomic mass is 16.5. The molecule has 32 heavy (non-hydrogen) atoms. The van der Waals surface area contributed by atoms with Gasteiger partial charge in [0.2, 0.25) is 0 Å². The number of aliphatic carboxylic acids is 1. The predicted octanol–water partition coefficient (Wildman–Crippen LogP) is 6.09. The van der Waals surface area contributed by atoms with Crippen molar-refractivity contribution in [2.45, 2.75) is 27.3 Å². The third kappa shape index (κ3) is 4.78. The van der Waals surface area contributed by atoms with Gasteiger partial charge in [-0.05, 0) is 50.1 Å². The minimum atomic E-state index is -0.967. The van der Waals surface area contributed by atoms with E-state index < -0.39 is 5.97 Å². The number of anilines is 1. The molecule has 0 aliphatic carbocycles. The van der Waals surface area contributed by atoms with E-state index in [1.54, 1.807) is 27.2 Å². The van der Waals surface area contributed by atoms with Crippen LogP contribution < -0.4 is 14.8 Å². The number of ether oxygens (including phenoxy) is 2. The van der Waals surface area contributed by atoms with E-state index in [2.05, 4.69) is 29.6 Å². The number of nitrogens with one attached hydrogen (secondary N) is 1. The zero-order valence-corrected chi connectivity index (χ0v) is 19.2. The molecule has 0 spiro atoms. The third-order valence-electron chi connectivity index (χ3n) is 5.55. The Labute approximate surface area is 189 Å². The minimum Gasteiger partial charge on any atom is -0.496 e. The molecule has 0 aromatic heterocycles. The zero-order valence-electron chi connectivity index (χ0n) is 19.2. The Bertz CT molecular complexity index is 1130. The molecule has 3 rings (SSSR count). The minimum absolute atomic E-state index is 0.231. The lowest BCUT2D eigenvalue weighted by Gasteiger charge is -2.21. The predicted molar refractivity (Wildman–Crippen MR) is 130 cm³/mol. The van der Waals surface area contributed by atoms with E-state index in [1.807, 2.05) is 44.2 Å². The first-order chi connectivity index (χ1) is 15.4. The van der Waals surface area contributed by atoms with Crippen molar-refractivity contribution in [3.63, 3.8) is 0 Å². The Morgan fingerprint density at radius 3 is 2.12 bits per heavy atom. The van der Waals surface area contributed by atoms with Gasteiger partial charge in [0.05, 0.1) is 14.2 Å². The molecule has 0 heterocycles. The van der Waals surface area contributed by atoms with E-state index in [0.29, 0.717) is 17.1 Å². The van der Waals surface area contributed by atoms with Crippen LogP contribution in [0.5, 0.6) is 11.5 Å². The molecule has 0 amide bonds. The summed E-state index contributed by atoms with van der Waals surface area (Å²) in [5.74, 6) is 0.383. The molecule has 0 radical (unpaired) electrons. The largest absolute Gasteiger partial charge is 0.496 e. The van der Waals surface area contributed by atoms with Gasteiger partial charge in [0.25, 0.3) is 0 Å². The van der Waals surface area contributed by atoms with Gasteiger partial charge in [-0.25, -0.2) is 4.79 Å². The molecule has 5 nitrogen and oxygen atoms in total. The topological polar surface area (TPSA) is 67.8 Å². The number of hydrogen-bond donors (Lipinski definition) is 2. The molecule has 3 aromatic carbocycles. The van der Waals surface area contributed by atoms with Gasteiger partial charge in [0.1, 0.15) is 11.5 Å². The van der Waals surface area contributed by atoms with Gasteiger partial charge in [-0.15, -0.1) is 0 Å². The molecule has 0 unspecified atom stereocenters. The van der Waals surface area contributed by atoms with Crippen molar-refractivity contribution >= 4 is 17.7 Å². The number of carbonyl (C=O) groups is 1. The number of rotatable bonds is 8. The maximum atomic E-state index is 11.4. The van der Waals surface area contributed by atoms with Crippen LogP contribution in [0.4, 0.5) is 5.69 Å². The molecule has 0 aliphatic rings. The summed E-state index contributed by atoms with van der Waals surface area (Å²) in [7, 11) is 3.23. The van der Waals surface area contributed by atoms with Crippen LogP contribution in [0.3, 0.4) is 0 Å². The molecule has 0 atom stereocenters. The maximum absolute atomic E-state index is 11.4. The van der Waals surface area contributed by atoms with E-state index in [9.17, 15) is 9.90 Å². The standard InChI is InChI=1S/C27H29NO4/c1-17(27(29)30)15-23-18(2)26(32-5)24(19(3)25(23)31-4)21-11-13-22(14-12-21)28-16-20-9-7-6-8-10-20/h6-15,28H,16H2,1-5H3,(H,29,30)/b17-15+. The van der Waals surface area contributed by atoms with E-state index >= 15 is 0 Å². The monoisotopic (exact) mass is 431 g/mol. The number of carboxylic acids is 1. The second-order valence-corrected chi connectivity index (χ2v) is 7.65. The summed E-state index contributed by atoms with van der Waals surface area (Å²) in [5.41, 5.74) is 6.84. The quantitative estimate of drug-likeness (QED) is 0.423. The van der Waals surface area contributed by atoms with E-state index in [4.69, 9.17) is 9.47 Å². The molecule has 0 fully saturated rings. The second-order valence-electron chi connectivity index (χ2n) is 7.65. The lowest BCUT2D eigenvalue weighted by Crippen LogP contribution is -2.03. The van der Waals surface area contributed by atoms with Crippen LogP contribution in [0.25, 0.3) is 17.2 Å². The fraction of sp³-hybridized carbons (Fsp3) is 0.222. The summed E-state index contributed by atoms with van der Waals surface area (Å²) in [5, 5.41) is 12.8. The van der Waals surface area contributed by atoms with E-state index in [-0.39, 0.29) is 5.57 Å². The van der Waals surface area contributed by atoms with Crippen molar-refractivity contribution in [2.75, 3.05) is 19.5 Å². The number of carboxylic acid groups (broad SMARTS) is 1. The number of benzene rings is 3. The lowest BCUT2D eigenvalue weighted by atomic mass is 9.91. The maximum Gasteiger partial charge on any atom is 0.331 e. The first-order valence-corrected chi connectivity index (χ1v) is 10.4. The first kappa shape index (κ1) is 22.9. The highest BCUT2D eigenvalue weighted by molar-refractivity contribution is 5.93. The van der Waals surface area contributed by atoms with Gasteiger partial charge < -0.3 is 19.9 Å². The zero-order chi connectivity index (χ0) is 23.3. The van der Waals surface area contributed by atoms with E-state index in [1.165, 1.54) is 5.56 Å². The Morgan fingerprint density at radius 2 is 1.56 bits per heavy atom. The Morgan fingerprint density at radius 1 is 0.938 bits per heavy atom. The molecule has 3 aromatic rings. The molecule has 166 valence electrons. The lowest BCUT2D eigenvalue weighted by molar-refractivity contribution is -0.132. The highest BCUT2D eigenvalue weighted by Crippen LogP contribution is 2.44. The summed E-state index contributed by atoms with van der Waals surface area (Å²) in [6.07, 6.45) is 1.63. The summed E-state index contributed by atoms with van der Waals surface area (Å²) in [6.45, 7) is 6.20. The molecule has 0 saturated heterocycles. The third-order valence-corrected chi connectivity index (χ3v) is 5.55. The second kappa shape index (κ2) is 10.1. The van der Waals surface area contributed by atoms with Crippen molar-refractivity contribution in [2.24, 2.45) is 0 Å². The molecular weight excluding hydrogens is 402 g/mol. The van der Waals surface area contributed by atoms with Crippen molar-refractivity contribution in [1.82, 2.24) is 0 Å². The molecule has 0 bridgehead atoms. The summed E-state index contributed by atoms with van der Waals surface area (Å²) < 4.78 is 11.5. The smallest absolute Gasteiger partial charge is 0.331 e. The number of methoxy groups -OCH3 is 2.